The van der Waals surface area contributed by atoms with E-state index in [9.17, 15) is 16.8 Å². The first kappa shape index (κ1) is 25.3. The number of nitrogens with zero attached hydrogens (tertiary/aromatic N) is 2. The molecule has 0 aliphatic carbocycles. The van der Waals surface area contributed by atoms with E-state index in [1.165, 1.54) is 24.3 Å². The molecule has 0 aliphatic heterocycles. The first-order chi connectivity index (χ1) is 15.1. The van der Waals surface area contributed by atoms with Crippen molar-refractivity contribution in [2.75, 3.05) is 13.1 Å². The zero-order valence-electron chi connectivity index (χ0n) is 18.8. The fraction of sp³-hybridized carbons (Fsp3) is 0.333. The predicted molar refractivity (Wildman–Crippen MR) is 126 cm³/mol. The molecule has 170 valence electrons. The zero-order valence-corrected chi connectivity index (χ0v) is 20.4. The first-order valence-electron chi connectivity index (χ1n) is 10.3. The average Bonchev–Trinajstić information content (AvgIpc) is 2.75. The van der Waals surface area contributed by atoms with Crippen LogP contribution >= 0.6 is 0 Å². The summed E-state index contributed by atoms with van der Waals surface area (Å²) < 4.78 is 53.7. The van der Waals surface area contributed by atoms with Gasteiger partial charge in [0.15, 0.2) is 0 Å². The van der Waals surface area contributed by atoms with E-state index >= 15 is 0 Å². The maximum Gasteiger partial charge on any atom is 0.270 e. The van der Waals surface area contributed by atoms with Crippen LogP contribution in [0.4, 0.5) is 0 Å². The van der Waals surface area contributed by atoms with E-state index in [0.717, 1.165) is 19.7 Å². The number of aryl methyl sites for hydroxylation is 2. The summed E-state index contributed by atoms with van der Waals surface area (Å²) in [5, 5.41) is 0. The molecule has 0 atom stereocenters. The molecule has 0 unspecified atom stereocenters. The molecule has 2 aromatic carbocycles. The molecule has 8 heteroatoms. The summed E-state index contributed by atoms with van der Waals surface area (Å²) in [6.07, 6.45) is 1.13. The lowest BCUT2D eigenvalue weighted by atomic mass is 10.2. The minimum atomic E-state index is -3.81. The third-order valence-corrected chi connectivity index (χ3v) is 7.94. The fourth-order valence-electron chi connectivity index (χ4n) is 2.73. The largest absolute Gasteiger partial charge is 0.270 e. The topological polar surface area (TPSA) is 74.8 Å². The number of hydrogen-bond donors (Lipinski definition) is 0. The van der Waals surface area contributed by atoms with Crippen LogP contribution in [0.5, 0.6) is 0 Å². The molecule has 0 aliphatic rings. The van der Waals surface area contributed by atoms with Crippen molar-refractivity contribution in [3.05, 3.63) is 59.7 Å². The Bertz CT molecular complexity index is 1140. The summed E-state index contributed by atoms with van der Waals surface area (Å²) >= 11 is 0. The van der Waals surface area contributed by atoms with Crippen molar-refractivity contribution in [2.45, 2.75) is 50.3 Å². The van der Waals surface area contributed by atoms with E-state index in [2.05, 4.69) is 23.9 Å². The molecule has 0 N–H and O–H groups in total. The third kappa shape index (κ3) is 6.29. The van der Waals surface area contributed by atoms with Gasteiger partial charge in [0, 0.05) is 37.0 Å². The number of rotatable bonds is 8. The number of hydrogen-bond acceptors (Lipinski definition) is 4. The Morgan fingerprint density at radius 2 is 0.938 bits per heavy atom. The van der Waals surface area contributed by atoms with Gasteiger partial charge in [-0.2, -0.15) is 0 Å². The van der Waals surface area contributed by atoms with Crippen molar-refractivity contribution in [3.63, 3.8) is 0 Å². The van der Waals surface area contributed by atoms with E-state index in [-0.39, 0.29) is 22.9 Å². The van der Waals surface area contributed by atoms with E-state index in [1.54, 1.807) is 24.3 Å². The molecule has 2 aromatic rings. The smallest absolute Gasteiger partial charge is 0.224 e. The van der Waals surface area contributed by atoms with E-state index in [4.69, 9.17) is 0 Å². The molecule has 32 heavy (non-hydrogen) atoms. The summed E-state index contributed by atoms with van der Waals surface area (Å²) in [5.41, 5.74) is 1.91. The van der Waals surface area contributed by atoms with Crippen LogP contribution in [0, 0.1) is 37.8 Å². The molecular formula is C24H28N2O4S2. The molecule has 0 bridgehead atoms. The van der Waals surface area contributed by atoms with Crippen LogP contribution in [-0.2, 0) is 20.0 Å². The fourth-order valence-corrected chi connectivity index (χ4v) is 5.38. The van der Waals surface area contributed by atoms with Crippen molar-refractivity contribution in [3.8, 4) is 23.9 Å². The minimum absolute atomic E-state index is 0.147. The molecule has 0 amide bonds. The van der Waals surface area contributed by atoms with Crippen molar-refractivity contribution in [1.29, 1.82) is 0 Å². The highest BCUT2D eigenvalue weighted by Gasteiger charge is 2.22. The maximum absolute atomic E-state index is 12.9. The van der Waals surface area contributed by atoms with Gasteiger partial charge in [-0.3, -0.25) is 0 Å². The average molecular weight is 473 g/mol. The molecule has 0 fully saturated rings. The van der Waals surface area contributed by atoms with Gasteiger partial charge in [0.1, 0.15) is 0 Å². The first-order valence-corrected chi connectivity index (χ1v) is 13.2. The van der Waals surface area contributed by atoms with Crippen LogP contribution in [0.25, 0.3) is 0 Å². The van der Waals surface area contributed by atoms with Gasteiger partial charge in [0.05, 0.1) is 9.79 Å². The van der Waals surface area contributed by atoms with Gasteiger partial charge in [0.2, 0.25) is 0 Å². The van der Waals surface area contributed by atoms with E-state index in [1.807, 2.05) is 27.7 Å². The maximum atomic E-state index is 12.9. The Morgan fingerprint density at radius 1 is 0.625 bits per heavy atom. The monoisotopic (exact) mass is 472 g/mol. The van der Waals surface area contributed by atoms with Crippen LogP contribution < -0.4 is 0 Å². The zero-order chi connectivity index (χ0) is 23.8. The highest BCUT2D eigenvalue weighted by Crippen LogP contribution is 2.17. The molecule has 0 saturated carbocycles. The highest BCUT2D eigenvalue weighted by atomic mass is 32.2. The normalized spacial score (nSPS) is 11.0. The van der Waals surface area contributed by atoms with Gasteiger partial charge >= 0.3 is 0 Å². The van der Waals surface area contributed by atoms with Crippen molar-refractivity contribution >= 4 is 20.0 Å². The second-order valence-electron chi connectivity index (χ2n) is 7.25. The van der Waals surface area contributed by atoms with Crippen LogP contribution in [0.15, 0.2) is 58.3 Å². The lowest BCUT2D eigenvalue weighted by Gasteiger charge is -2.17. The highest BCUT2D eigenvalue weighted by molar-refractivity contribution is 7.89. The summed E-state index contributed by atoms with van der Waals surface area (Å²) in [4.78, 5) is 0.293. The Labute approximate surface area is 192 Å². The number of sulfonamides is 2. The standard InChI is InChI=1S/C24H28N2O4S2/c1-5-17-25(31(27,28)23-13-9-21(3)10-14-23)19-7-8-20-26(18-6-2)32(29,30)24-15-11-22(4)12-16-24/h9-16H,5-6,17-18H2,1-4H3. The van der Waals surface area contributed by atoms with Crippen LogP contribution in [-0.4, -0.2) is 38.5 Å². The summed E-state index contributed by atoms with van der Waals surface area (Å²) in [6, 6.07) is 18.2. The predicted octanol–water partition coefficient (Wildman–Crippen LogP) is 3.73. The van der Waals surface area contributed by atoms with Crippen molar-refractivity contribution in [1.82, 2.24) is 8.61 Å². The lowest BCUT2D eigenvalue weighted by molar-refractivity contribution is 0.507. The van der Waals surface area contributed by atoms with Gasteiger partial charge in [-0.15, -0.1) is 0 Å². The lowest BCUT2D eigenvalue weighted by Crippen LogP contribution is -2.28. The van der Waals surface area contributed by atoms with Crippen molar-refractivity contribution < 1.29 is 16.8 Å². The molecule has 0 saturated heterocycles. The quantitative estimate of drug-likeness (QED) is 0.433. The molecule has 0 heterocycles. The Hall–Kier alpha value is -2.94. The van der Waals surface area contributed by atoms with Crippen LogP contribution in [0.1, 0.15) is 37.8 Å². The van der Waals surface area contributed by atoms with Gasteiger partial charge in [-0.1, -0.05) is 49.2 Å². The summed E-state index contributed by atoms with van der Waals surface area (Å²) in [7, 11) is -7.61. The second-order valence-corrected chi connectivity index (χ2v) is 11.0. The molecule has 0 radical (unpaired) electrons. The molecule has 0 spiro atoms. The molecular weight excluding hydrogens is 444 g/mol. The van der Waals surface area contributed by atoms with Crippen LogP contribution in [0.2, 0.25) is 0 Å². The number of benzene rings is 2. The molecule has 2 rings (SSSR count). The Morgan fingerprint density at radius 3 is 1.22 bits per heavy atom. The molecule has 6 nitrogen and oxygen atoms in total. The van der Waals surface area contributed by atoms with Crippen molar-refractivity contribution in [2.24, 2.45) is 0 Å². The van der Waals surface area contributed by atoms with Gasteiger partial charge < -0.3 is 0 Å². The summed E-state index contributed by atoms with van der Waals surface area (Å²) in [6.45, 7) is 7.85. The van der Waals surface area contributed by atoms with Gasteiger partial charge in [0.25, 0.3) is 20.0 Å². The van der Waals surface area contributed by atoms with E-state index < -0.39 is 20.0 Å². The van der Waals surface area contributed by atoms with E-state index in [0.29, 0.717) is 12.8 Å². The summed E-state index contributed by atoms with van der Waals surface area (Å²) in [5.74, 6) is 5.02. The van der Waals surface area contributed by atoms with Crippen LogP contribution in [0.3, 0.4) is 0 Å². The Kier molecular flexibility index (Phi) is 8.77. The third-order valence-electron chi connectivity index (χ3n) is 4.50. The molecule has 0 aromatic heterocycles. The SMILES string of the molecule is CCCN(C#CC#CN(CCC)S(=O)(=O)c1ccc(C)cc1)S(=O)(=O)c1ccc(C)cc1. The van der Waals surface area contributed by atoms with Gasteiger partial charge in [-0.05, 0) is 51.0 Å². The minimum Gasteiger partial charge on any atom is -0.224 e. The second kappa shape index (κ2) is 11.1. The van der Waals surface area contributed by atoms with Gasteiger partial charge in [-0.25, -0.2) is 25.4 Å². The Balaban J connectivity index is 2.33.